The van der Waals surface area contributed by atoms with Crippen LogP contribution in [0.1, 0.15) is 43.4 Å². The van der Waals surface area contributed by atoms with Gasteiger partial charge in [0.1, 0.15) is 6.04 Å². The second-order valence-electron chi connectivity index (χ2n) is 8.36. The van der Waals surface area contributed by atoms with E-state index in [0.717, 1.165) is 16.7 Å². The normalized spacial score (nSPS) is 12.2. The van der Waals surface area contributed by atoms with Gasteiger partial charge in [0.25, 0.3) is 0 Å². The zero-order valence-corrected chi connectivity index (χ0v) is 21.0. The molecule has 0 saturated carbocycles. The number of hydrogen-bond donors (Lipinski definition) is 1. The number of benzene rings is 2. The molecule has 0 aliphatic carbocycles. The molecule has 0 spiro atoms. The maximum atomic E-state index is 13.2. The van der Waals surface area contributed by atoms with Crippen LogP contribution in [0.2, 0.25) is 0 Å². The molecule has 7 nitrogen and oxygen atoms in total. The highest BCUT2D eigenvalue weighted by molar-refractivity contribution is 7.92. The average Bonchev–Trinajstić information content (AvgIpc) is 2.73. The van der Waals surface area contributed by atoms with Crippen molar-refractivity contribution in [1.82, 2.24) is 10.2 Å². The number of anilines is 1. The second-order valence-corrected chi connectivity index (χ2v) is 10.3. The predicted octanol–water partition coefficient (Wildman–Crippen LogP) is 3.40. The van der Waals surface area contributed by atoms with Gasteiger partial charge >= 0.3 is 0 Å². The topological polar surface area (TPSA) is 86.8 Å². The summed E-state index contributed by atoms with van der Waals surface area (Å²) in [6.45, 7) is 8.41. The number of carbonyl (C=O) groups excluding carboxylic acids is 2. The summed E-state index contributed by atoms with van der Waals surface area (Å²) in [5.41, 5.74) is 3.55. The molecule has 0 bridgehead atoms. The van der Waals surface area contributed by atoms with E-state index in [-0.39, 0.29) is 24.8 Å². The molecule has 1 N–H and O–H groups in total. The highest BCUT2D eigenvalue weighted by Crippen LogP contribution is 2.20. The van der Waals surface area contributed by atoms with Crippen molar-refractivity contribution in [3.05, 3.63) is 65.2 Å². The first-order chi connectivity index (χ1) is 15.5. The Bertz CT molecular complexity index is 1070. The van der Waals surface area contributed by atoms with Crippen molar-refractivity contribution in [2.75, 3.05) is 23.7 Å². The average molecular weight is 474 g/mol. The number of nitrogens with zero attached hydrogens (tertiary/aromatic N) is 2. The van der Waals surface area contributed by atoms with Gasteiger partial charge in [0.2, 0.25) is 21.8 Å². The highest BCUT2D eigenvalue weighted by Gasteiger charge is 2.26. The van der Waals surface area contributed by atoms with E-state index in [0.29, 0.717) is 25.2 Å². The summed E-state index contributed by atoms with van der Waals surface area (Å²) in [6, 6.07) is 14.5. The molecule has 0 unspecified atom stereocenters. The Labute approximate surface area is 197 Å². The lowest BCUT2D eigenvalue weighted by Gasteiger charge is -2.29. The molecule has 0 saturated heterocycles. The van der Waals surface area contributed by atoms with Crippen LogP contribution in [0.5, 0.6) is 0 Å². The van der Waals surface area contributed by atoms with E-state index in [2.05, 4.69) is 5.32 Å². The van der Waals surface area contributed by atoms with Gasteiger partial charge < -0.3 is 10.2 Å². The lowest BCUT2D eigenvalue weighted by Crippen LogP contribution is -2.47. The lowest BCUT2D eigenvalue weighted by molar-refractivity contribution is -0.140. The molecule has 0 aliphatic rings. The fourth-order valence-electron chi connectivity index (χ4n) is 3.70. The van der Waals surface area contributed by atoms with Gasteiger partial charge in [0, 0.05) is 26.1 Å². The summed E-state index contributed by atoms with van der Waals surface area (Å²) in [7, 11) is -3.50. The molecule has 2 aromatic rings. The van der Waals surface area contributed by atoms with Gasteiger partial charge in [-0.05, 0) is 57.4 Å². The summed E-state index contributed by atoms with van der Waals surface area (Å²) in [5, 5.41) is 2.78. The summed E-state index contributed by atoms with van der Waals surface area (Å²) < 4.78 is 26.1. The van der Waals surface area contributed by atoms with E-state index in [1.807, 2.05) is 63.2 Å². The van der Waals surface area contributed by atoms with Crippen molar-refractivity contribution in [1.29, 1.82) is 0 Å². The van der Waals surface area contributed by atoms with Crippen molar-refractivity contribution >= 4 is 27.5 Å². The van der Waals surface area contributed by atoms with E-state index in [1.165, 1.54) is 10.6 Å². The molecule has 33 heavy (non-hydrogen) atoms. The molecule has 0 aliphatic heterocycles. The number of likely N-dealkylation sites (N-methyl/N-ethyl adjacent to an activating group) is 1. The Morgan fingerprint density at radius 1 is 1.03 bits per heavy atom. The van der Waals surface area contributed by atoms with Gasteiger partial charge in [0.05, 0.1) is 11.9 Å². The number of rotatable bonds is 11. The van der Waals surface area contributed by atoms with Gasteiger partial charge in [-0.25, -0.2) is 8.42 Å². The Balaban J connectivity index is 2.15. The molecule has 180 valence electrons. The standard InChI is InChI=1S/C25H35N3O4S/c1-6-26-25(30)21(4)27(18-22-12-7-10-19(2)16-22)24(29)14-9-15-28(33(5,31)32)23-13-8-11-20(3)17-23/h7-8,10-13,16-17,21H,6,9,14-15,18H2,1-5H3,(H,26,30)/t21-/m1/s1. The maximum Gasteiger partial charge on any atom is 0.242 e. The van der Waals surface area contributed by atoms with Crippen LogP contribution in [0.25, 0.3) is 0 Å². The lowest BCUT2D eigenvalue weighted by atomic mass is 10.1. The van der Waals surface area contributed by atoms with Crippen molar-refractivity contribution in [3.8, 4) is 0 Å². The summed E-state index contributed by atoms with van der Waals surface area (Å²) in [6.07, 6.45) is 1.64. The monoisotopic (exact) mass is 473 g/mol. The second kappa shape index (κ2) is 11.8. The number of aryl methyl sites for hydroxylation is 2. The third-order valence-electron chi connectivity index (χ3n) is 5.40. The van der Waals surface area contributed by atoms with E-state index >= 15 is 0 Å². The van der Waals surface area contributed by atoms with Crippen LogP contribution < -0.4 is 9.62 Å². The van der Waals surface area contributed by atoms with Crippen molar-refractivity contribution in [3.63, 3.8) is 0 Å². The molecule has 0 fully saturated rings. The number of carbonyl (C=O) groups is 2. The Morgan fingerprint density at radius 3 is 2.24 bits per heavy atom. The number of hydrogen-bond acceptors (Lipinski definition) is 4. The SMILES string of the molecule is CCNC(=O)[C@@H](C)N(Cc1cccc(C)c1)C(=O)CCCN(c1cccc(C)c1)S(C)(=O)=O. The Morgan fingerprint density at radius 2 is 1.67 bits per heavy atom. The summed E-state index contributed by atoms with van der Waals surface area (Å²) in [4.78, 5) is 27.2. The van der Waals surface area contributed by atoms with Gasteiger partial charge in [0.15, 0.2) is 0 Å². The van der Waals surface area contributed by atoms with Crippen LogP contribution in [0, 0.1) is 13.8 Å². The number of nitrogens with one attached hydrogen (secondary N) is 1. The smallest absolute Gasteiger partial charge is 0.242 e. The minimum absolute atomic E-state index is 0.132. The molecular weight excluding hydrogens is 438 g/mol. The summed E-state index contributed by atoms with van der Waals surface area (Å²) in [5.74, 6) is -0.399. The zero-order valence-electron chi connectivity index (χ0n) is 20.2. The molecule has 2 amide bonds. The van der Waals surface area contributed by atoms with Gasteiger partial charge in [-0.2, -0.15) is 0 Å². The maximum absolute atomic E-state index is 13.2. The summed E-state index contributed by atoms with van der Waals surface area (Å²) >= 11 is 0. The van der Waals surface area contributed by atoms with Crippen molar-refractivity contribution in [2.45, 2.75) is 53.1 Å². The van der Waals surface area contributed by atoms with E-state index in [1.54, 1.807) is 17.9 Å². The third kappa shape index (κ3) is 7.89. The van der Waals surface area contributed by atoms with Gasteiger partial charge in [-0.15, -0.1) is 0 Å². The minimum Gasteiger partial charge on any atom is -0.355 e. The van der Waals surface area contributed by atoms with Crippen molar-refractivity contribution < 1.29 is 18.0 Å². The molecule has 8 heteroatoms. The van der Waals surface area contributed by atoms with Crippen molar-refractivity contribution in [2.24, 2.45) is 0 Å². The van der Waals surface area contributed by atoms with Crippen LogP contribution in [0.3, 0.4) is 0 Å². The van der Waals surface area contributed by atoms with Crippen LogP contribution >= 0.6 is 0 Å². The first-order valence-electron chi connectivity index (χ1n) is 11.2. The minimum atomic E-state index is -3.50. The Kier molecular flexibility index (Phi) is 9.46. The number of sulfonamides is 1. The third-order valence-corrected chi connectivity index (χ3v) is 6.59. The van der Waals surface area contributed by atoms with E-state index in [4.69, 9.17) is 0 Å². The first kappa shape index (κ1) is 26.4. The van der Waals surface area contributed by atoms with Gasteiger partial charge in [-0.1, -0.05) is 42.0 Å². The molecule has 0 heterocycles. The van der Waals surface area contributed by atoms with Crippen LogP contribution in [0.4, 0.5) is 5.69 Å². The zero-order chi connectivity index (χ0) is 24.6. The Hall–Kier alpha value is -2.87. The molecule has 0 radical (unpaired) electrons. The fraction of sp³-hybridized carbons (Fsp3) is 0.440. The van der Waals surface area contributed by atoms with Crippen LogP contribution in [0.15, 0.2) is 48.5 Å². The highest BCUT2D eigenvalue weighted by atomic mass is 32.2. The molecule has 2 rings (SSSR count). The molecular formula is C25H35N3O4S. The van der Waals surface area contributed by atoms with E-state index in [9.17, 15) is 18.0 Å². The van der Waals surface area contributed by atoms with Gasteiger partial charge in [-0.3, -0.25) is 13.9 Å². The molecule has 2 aromatic carbocycles. The molecule has 0 aromatic heterocycles. The van der Waals surface area contributed by atoms with Crippen LogP contribution in [-0.4, -0.2) is 50.5 Å². The first-order valence-corrected chi connectivity index (χ1v) is 13.0. The predicted molar refractivity (Wildman–Crippen MR) is 132 cm³/mol. The number of amides is 2. The molecule has 1 atom stereocenters. The van der Waals surface area contributed by atoms with E-state index < -0.39 is 16.1 Å². The van der Waals surface area contributed by atoms with Crippen LogP contribution in [-0.2, 0) is 26.2 Å². The fourth-order valence-corrected chi connectivity index (χ4v) is 4.66. The largest absolute Gasteiger partial charge is 0.355 e. The quantitative estimate of drug-likeness (QED) is 0.542.